The van der Waals surface area contributed by atoms with Crippen LogP contribution in [0.2, 0.25) is 0 Å². The van der Waals surface area contributed by atoms with Crippen molar-refractivity contribution >= 4 is 28.9 Å². The van der Waals surface area contributed by atoms with Crippen molar-refractivity contribution in [2.45, 2.75) is 0 Å². The molecule has 0 saturated heterocycles. The number of halogens is 1. The van der Waals surface area contributed by atoms with Crippen LogP contribution in [-0.4, -0.2) is 0 Å². The van der Waals surface area contributed by atoms with Gasteiger partial charge in [0.15, 0.2) is 0 Å². The smallest absolute Gasteiger partial charge is 0.0710 e. The minimum atomic E-state index is -1.56. The van der Waals surface area contributed by atoms with Crippen molar-refractivity contribution in [1.29, 1.82) is 0 Å². The molecule has 0 saturated carbocycles. The molecule has 0 aliphatic heterocycles. The first-order valence-electron chi connectivity index (χ1n) is 0.552. The second-order valence-corrected chi connectivity index (χ2v) is 3.28. The molecule has 0 aromatic heterocycles. The summed E-state index contributed by atoms with van der Waals surface area (Å²) in [5, 5.41) is 7.70. The number of hydrogen-bond donors (Lipinski definition) is 0. The average Bonchev–Trinajstić information content (AvgIpc) is 0.811. The SMILES string of the molecule is [N-]=P(=S)Cl. The lowest BCUT2D eigenvalue weighted by atomic mass is 14.0. The molecule has 1 atom stereocenters. The molecule has 0 rings (SSSR count). The Balaban J connectivity index is 3.51. The van der Waals surface area contributed by atoms with Gasteiger partial charge in [-0.05, 0) is 0 Å². The van der Waals surface area contributed by atoms with Crippen LogP contribution in [0.25, 0.3) is 5.16 Å². The topological polar surface area (TPSA) is 22.3 Å². The van der Waals surface area contributed by atoms with Crippen LogP contribution in [-0.2, 0) is 11.8 Å². The van der Waals surface area contributed by atoms with Crippen LogP contribution in [0, 0.1) is 0 Å². The highest BCUT2D eigenvalue weighted by Crippen LogP contribution is 2.09. The van der Waals surface area contributed by atoms with Crippen LogP contribution < -0.4 is 0 Å². The van der Waals surface area contributed by atoms with Gasteiger partial charge in [-0.25, -0.2) is 0 Å². The number of rotatable bonds is 0. The Hall–Kier alpha value is 0.610. The first kappa shape index (κ1) is 4.61. The molecule has 0 heterocycles. The van der Waals surface area contributed by atoms with Crippen LogP contribution in [0.5, 0.6) is 0 Å². The zero-order valence-electron chi connectivity index (χ0n) is 1.68. The molecule has 1 nitrogen and oxygen atoms in total. The monoisotopic (exact) mass is 112 g/mol. The molecule has 0 aliphatic carbocycles. The summed E-state index contributed by atoms with van der Waals surface area (Å²) in [6, 6.07) is 0. The number of nitrogens with zero attached hydrogens (tertiary/aromatic N) is 1. The summed E-state index contributed by atoms with van der Waals surface area (Å²) < 4.78 is 0. The molecule has 0 fully saturated rings. The van der Waals surface area contributed by atoms with Crippen LogP contribution >= 0.6 is 17.1 Å². The van der Waals surface area contributed by atoms with Gasteiger partial charge in [0.25, 0.3) is 0 Å². The van der Waals surface area contributed by atoms with Crippen molar-refractivity contribution in [2.24, 2.45) is 0 Å². The quantitative estimate of drug-likeness (QED) is 0.439. The zero-order valence-corrected chi connectivity index (χ0v) is 4.15. The summed E-state index contributed by atoms with van der Waals surface area (Å²) in [6.45, 7) is 0. The molecule has 0 aromatic carbocycles. The minimum absolute atomic E-state index is 1.56. The number of hydrogen-bond acceptors (Lipinski definition) is 1. The molecule has 0 bridgehead atoms. The Morgan fingerprint density at radius 1 is 2.00 bits per heavy atom. The maximum atomic E-state index is 7.70. The highest BCUT2D eigenvalue weighted by molar-refractivity contribution is 8.12. The van der Waals surface area contributed by atoms with Crippen LogP contribution in [0.15, 0.2) is 0 Å². The van der Waals surface area contributed by atoms with Crippen molar-refractivity contribution in [3.8, 4) is 0 Å². The highest BCUT2D eigenvalue weighted by atomic mass is 35.7. The van der Waals surface area contributed by atoms with E-state index >= 15 is 0 Å². The third-order valence-corrected chi connectivity index (χ3v) is 0. The van der Waals surface area contributed by atoms with Gasteiger partial charge in [0.2, 0.25) is 0 Å². The summed E-state index contributed by atoms with van der Waals surface area (Å²) >= 11 is 8.72. The molecule has 0 N–H and O–H groups in total. The largest absolute Gasteiger partial charge is 0.762 e. The van der Waals surface area contributed by atoms with Crippen LogP contribution in [0.1, 0.15) is 0 Å². The van der Waals surface area contributed by atoms with Crippen molar-refractivity contribution in [3.05, 3.63) is 5.16 Å². The molecule has 0 amide bonds. The molecule has 0 aliphatic rings. The molecule has 4 heteroatoms. The van der Waals surface area contributed by atoms with E-state index in [1.807, 2.05) is 0 Å². The second-order valence-electron chi connectivity index (χ2n) is 0.226. The summed E-state index contributed by atoms with van der Waals surface area (Å²) in [5.74, 6) is -1.56. The van der Waals surface area contributed by atoms with Gasteiger partial charge < -0.3 is 5.16 Å². The van der Waals surface area contributed by atoms with Gasteiger partial charge in [-0.2, -0.15) is 0 Å². The second kappa shape index (κ2) is 1.89. The van der Waals surface area contributed by atoms with Crippen molar-refractivity contribution in [1.82, 2.24) is 0 Å². The lowest BCUT2D eigenvalue weighted by Crippen LogP contribution is -0.836. The molecule has 0 spiro atoms. The fourth-order valence-corrected chi connectivity index (χ4v) is 0. The van der Waals surface area contributed by atoms with E-state index < -0.39 is 5.84 Å². The Labute approximate surface area is 34.7 Å². The summed E-state index contributed by atoms with van der Waals surface area (Å²) in [6.07, 6.45) is 0. The maximum absolute atomic E-state index is 7.70. The lowest BCUT2D eigenvalue weighted by Gasteiger charge is -1.63. The van der Waals surface area contributed by atoms with Gasteiger partial charge in [-0.3, -0.25) is 0 Å². The minimum Gasteiger partial charge on any atom is -0.762 e. The predicted molar refractivity (Wildman–Crippen MR) is 23.5 cm³/mol. The van der Waals surface area contributed by atoms with Gasteiger partial charge in [-0.15, -0.1) is 0 Å². The molecular formula is ClNPS-. The Morgan fingerprint density at radius 3 is 2.00 bits per heavy atom. The van der Waals surface area contributed by atoms with E-state index in [2.05, 4.69) is 11.8 Å². The van der Waals surface area contributed by atoms with E-state index in [4.69, 9.17) is 16.4 Å². The Kier molecular flexibility index (Phi) is 2.17. The maximum Gasteiger partial charge on any atom is -0.0710 e. The molecule has 24 valence electrons. The third-order valence-electron chi connectivity index (χ3n) is 0. The van der Waals surface area contributed by atoms with Crippen molar-refractivity contribution in [2.75, 3.05) is 0 Å². The molecule has 1 unspecified atom stereocenters. The predicted octanol–water partition coefficient (Wildman–Crippen LogP) is 1.84. The van der Waals surface area contributed by atoms with Crippen LogP contribution in [0.4, 0.5) is 0 Å². The third kappa shape index (κ3) is 18.2. The lowest BCUT2D eigenvalue weighted by molar-refractivity contribution is 3.20. The Bertz CT molecular complexity index is 56.4. The Morgan fingerprint density at radius 2 is 2.00 bits per heavy atom. The van der Waals surface area contributed by atoms with Crippen molar-refractivity contribution < 1.29 is 0 Å². The van der Waals surface area contributed by atoms with E-state index in [-0.39, 0.29) is 0 Å². The molecule has 0 aromatic rings. The van der Waals surface area contributed by atoms with Gasteiger partial charge >= 0.3 is 0 Å². The molecule has 0 radical (unpaired) electrons. The van der Waals surface area contributed by atoms with Crippen LogP contribution in [0.3, 0.4) is 0 Å². The first-order valence-corrected chi connectivity index (χ1v) is 3.76. The first-order chi connectivity index (χ1) is 1.73. The summed E-state index contributed by atoms with van der Waals surface area (Å²) in [7, 11) is 0. The van der Waals surface area contributed by atoms with E-state index in [1.54, 1.807) is 0 Å². The van der Waals surface area contributed by atoms with E-state index in [0.29, 0.717) is 0 Å². The van der Waals surface area contributed by atoms with E-state index in [9.17, 15) is 0 Å². The normalized spacial score (nSPS) is 10.8. The van der Waals surface area contributed by atoms with E-state index in [0.717, 1.165) is 0 Å². The van der Waals surface area contributed by atoms with E-state index in [1.165, 1.54) is 0 Å². The standard InChI is InChI=1S/ClNPS/c1-3(2)4/q-1. The van der Waals surface area contributed by atoms with Gasteiger partial charge in [0.1, 0.15) is 0 Å². The molecule has 4 heavy (non-hydrogen) atoms. The van der Waals surface area contributed by atoms with Crippen molar-refractivity contribution in [3.63, 3.8) is 0 Å². The zero-order chi connectivity index (χ0) is 3.58. The van der Waals surface area contributed by atoms with Gasteiger partial charge in [0.05, 0.1) is 0 Å². The molecular weight excluding hydrogens is 113 g/mol. The average molecular weight is 113 g/mol. The van der Waals surface area contributed by atoms with Gasteiger partial charge in [-0.1, -0.05) is 28.9 Å². The summed E-state index contributed by atoms with van der Waals surface area (Å²) in [4.78, 5) is 0. The summed E-state index contributed by atoms with van der Waals surface area (Å²) in [5.41, 5.74) is 0. The fourth-order valence-electron chi connectivity index (χ4n) is 0. The fraction of sp³-hybridized carbons (Fsp3) is 0. The van der Waals surface area contributed by atoms with Gasteiger partial charge in [0, 0.05) is 0 Å². The highest BCUT2D eigenvalue weighted by Gasteiger charge is 1.27.